The standard InChI is InChI=1S/C9H10FNO5S/c1-2-11-9(12)15-7-4-3-5-8(6-7)16-17(10,13)14/h3-6H,2H2,1H3,(H,11,12). The maximum absolute atomic E-state index is 12.2. The van der Waals surface area contributed by atoms with Gasteiger partial charge in [0, 0.05) is 12.6 Å². The van der Waals surface area contributed by atoms with Crippen LogP contribution in [-0.4, -0.2) is 21.1 Å². The summed E-state index contributed by atoms with van der Waals surface area (Å²) in [6.07, 6.45) is -0.701. The molecule has 1 rings (SSSR count). The van der Waals surface area contributed by atoms with Crippen LogP contribution in [0.5, 0.6) is 11.5 Å². The summed E-state index contributed by atoms with van der Waals surface area (Å²) in [5.74, 6) is -0.244. The molecule has 0 heterocycles. The second-order valence-corrected chi connectivity index (χ2v) is 3.82. The molecule has 0 unspecified atom stereocenters. The number of amides is 1. The molecule has 1 aromatic rings. The molecule has 0 atom stereocenters. The monoisotopic (exact) mass is 263 g/mol. The lowest BCUT2D eigenvalue weighted by Crippen LogP contribution is -2.26. The lowest BCUT2D eigenvalue weighted by Gasteiger charge is -2.05. The van der Waals surface area contributed by atoms with E-state index in [9.17, 15) is 17.1 Å². The molecule has 0 aliphatic heterocycles. The summed E-state index contributed by atoms with van der Waals surface area (Å²) < 4.78 is 41.4. The predicted octanol–water partition coefficient (Wildman–Crippen LogP) is 1.39. The average molecular weight is 263 g/mol. The van der Waals surface area contributed by atoms with Crippen LogP contribution in [0.4, 0.5) is 8.68 Å². The average Bonchev–Trinajstić information content (AvgIpc) is 2.15. The van der Waals surface area contributed by atoms with Crippen LogP contribution >= 0.6 is 0 Å². The normalized spacial score (nSPS) is 10.7. The Labute approximate surface area is 97.8 Å². The molecule has 0 spiro atoms. The Hall–Kier alpha value is -1.83. The molecule has 6 nitrogen and oxygen atoms in total. The number of nitrogens with one attached hydrogen (secondary N) is 1. The van der Waals surface area contributed by atoms with Gasteiger partial charge in [0.05, 0.1) is 0 Å². The third-order valence-corrected chi connectivity index (χ3v) is 1.92. The number of rotatable bonds is 4. The summed E-state index contributed by atoms with van der Waals surface area (Å²) in [5, 5.41) is 2.37. The predicted molar refractivity (Wildman–Crippen MR) is 56.8 cm³/mol. The maximum Gasteiger partial charge on any atom is 0.488 e. The Morgan fingerprint density at radius 2 is 2.06 bits per heavy atom. The molecule has 0 saturated heterocycles. The van der Waals surface area contributed by atoms with E-state index < -0.39 is 16.6 Å². The van der Waals surface area contributed by atoms with Crippen LogP contribution in [0.1, 0.15) is 6.92 Å². The highest BCUT2D eigenvalue weighted by atomic mass is 32.3. The molecule has 0 radical (unpaired) electrons. The van der Waals surface area contributed by atoms with Gasteiger partial charge >= 0.3 is 16.6 Å². The first kappa shape index (κ1) is 13.2. The van der Waals surface area contributed by atoms with Crippen molar-refractivity contribution in [2.45, 2.75) is 6.92 Å². The van der Waals surface area contributed by atoms with Crippen LogP contribution in [0.3, 0.4) is 0 Å². The third kappa shape index (κ3) is 5.16. The second kappa shape index (κ2) is 5.48. The topological polar surface area (TPSA) is 81.7 Å². The van der Waals surface area contributed by atoms with Crippen LogP contribution in [0.2, 0.25) is 0 Å². The Balaban J connectivity index is 2.76. The smallest absolute Gasteiger partial charge is 0.410 e. The summed E-state index contributed by atoms with van der Waals surface area (Å²) in [6, 6.07) is 5.04. The molecule has 0 aromatic heterocycles. The van der Waals surface area contributed by atoms with E-state index in [-0.39, 0.29) is 11.5 Å². The summed E-state index contributed by atoms with van der Waals surface area (Å²) >= 11 is 0. The Morgan fingerprint density at radius 1 is 1.41 bits per heavy atom. The van der Waals surface area contributed by atoms with Crippen molar-refractivity contribution in [1.29, 1.82) is 0 Å². The van der Waals surface area contributed by atoms with Crippen molar-refractivity contribution in [2.75, 3.05) is 6.54 Å². The number of carbonyl (C=O) groups excluding carboxylic acids is 1. The van der Waals surface area contributed by atoms with Crippen LogP contribution in [0.15, 0.2) is 24.3 Å². The molecule has 17 heavy (non-hydrogen) atoms. The second-order valence-electron chi connectivity index (χ2n) is 2.87. The zero-order valence-corrected chi connectivity index (χ0v) is 9.66. The van der Waals surface area contributed by atoms with Gasteiger partial charge < -0.3 is 14.2 Å². The third-order valence-electron chi connectivity index (χ3n) is 1.53. The maximum atomic E-state index is 12.2. The van der Waals surface area contributed by atoms with E-state index in [2.05, 4.69) is 9.50 Å². The molecule has 0 fully saturated rings. The minimum Gasteiger partial charge on any atom is -0.410 e. The van der Waals surface area contributed by atoms with Gasteiger partial charge in [0.2, 0.25) is 0 Å². The van der Waals surface area contributed by atoms with Gasteiger partial charge in [-0.3, -0.25) is 0 Å². The number of halogens is 1. The molecule has 0 aliphatic rings. The molecule has 0 aliphatic carbocycles. The number of carbonyl (C=O) groups is 1. The Morgan fingerprint density at radius 3 is 2.65 bits per heavy atom. The van der Waals surface area contributed by atoms with Crippen molar-refractivity contribution in [3.05, 3.63) is 24.3 Å². The SMILES string of the molecule is CCNC(=O)Oc1cccc(OS(=O)(=O)F)c1. The Kier molecular flexibility index (Phi) is 4.27. The minimum atomic E-state index is -5.09. The molecule has 8 heteroatoms. The molecule has 94 valence electrons. The molecular weight excluding hydrogens is 253 g/mol. The van der Waals surface area contributed by atoms with Gasteiger partial charge in [0.15, 0.2) is 0 Å². The number of hydrogen-bond donors (Lipinski definition) is 1. The molecule has 1 N–H and O–H groups in total. The molecule has 1 amide bonds. The van der Waals surface area contributed by atoms with Gasteiger partial charge in [-0.2, -0.15) is 8.42 Å². The summed E-state index contributed by atoms with van der Waals surface area (Å²) in [6.45, 7) is 2.09. The van der Waals surface area contributed by atoms with E-state index in [1.807, 2.05) is 0 Å². The van der Waals surface area contributed by atoms with E-state index in [1.165, 1.54) is 18.2 Å². The molecular formula is C9H10FNO5S. The van der Waals surface area contributed by atoms with E-state index in [0.29, 0.717) is 6.54 Å². The lowest BCUT2D eigenvalue weighted by atomic mass is 10.3. The highest BCUT2D eigenvalue weighted by Gasteiger charge is 2.11. The Bertz CT molecular complexity index is 502. The zero-order valence-electron chi connectivity index (χ0n) is 8.84. The van der Waals surface area contributed by atoms with Crippen molar-refractivity contribution in [2.24, 2.45) is 0 Å². The largest absolute Gasteiger partial charge is 0.488 e. The van der Waals surface area contributed by atoms with Crippen molar-refractivity contribution in [3.8, 4) is 11.5 Å². The first-order valence-electron chi connectivity index (χ1n) is 4.60. The number of ether oxygens (including phenoxy) is 1. The molecule has 0 saturated carbocycles. The minimum absolute atomic E-state index is 0.0390. The van der Waals surface area contributed by atoms with Crippen LogP contribution in [0.25, 0.3) is 0 Å². The first-order valence-corrected chi connectivity index (χ1v) is 5.91. The van der Waals surface area contributed by atoms with Crippen molar-refractivity contribution < 1.29 is 26.0 Å². The number of benzene rings is 1. The quantitative estimate of drug-likeness (QED) is 0.830. The summed E-state index contributed by atoms with van der Waals surface area (Å²) in [4.78, 5) is 11.0. The van der Waals surface area contributed by atoms with Gasteiger partial charge in [0.25, 0.3) is 0 Å². The first-order chi connectivity index (χ1) is 7.90. The van der Waals surface area contributed by atoms with Gasteiger partial charge in [-0.25, -0.2) is 4.79 Å². The summed E-state index contributed by atoms with van der Waals surface area (Å²) in [5.41, 5.74) is 0. The molecule has 0 bridgehead atoms. The molecule has 1 aromatic carbocycles. The highest BCUT2D eigenvalue weighted by molar-refractivity contribution is 7.81. The van der Waals surface area contributed by atoms with Crippen molar-refractivity contribution in [1.82, 2.24) is 5.32 Å². The lowest BCUT2D eigenvalue weighted by molar-refractivity contribution is 0.201. The van der Waals surface area contributed by atoms with Crippen LogP contribution in [0, 0.1) is 0 Å². The van der Waals surface area contributed by atoms with E-state index in [1.54, 1.807) is 6.92 Å². The fourth-order valence-electron chi connectivity index (χ4n) is 0.992. The van der Waals surface area contributed by atoms with Gasteiger partial charge in [0.1, 0.15) is 11.5 Å². The van der Waals surface area contributed by atoms with Crippen molar-refractivity contribution in [3.63, 3.8) is 0 Å². The van der Waals surface area contributed by atoms with Gasteiger partial charge in [-0.15, -0.1) is 0 Å². The van der Waals surface area contributed by atoms with E-state index >= 15 is 0 Å². The summed E-state index contributed by atoms with van der Waals surface area (Å²) in [7, 11) is -5.09. The van der Waals surface area contributed by atoms with Crippen molar-refractivity contribution >= 4 is 16.6 Å². The zero-order chi connectivity index (χ0) is 12.9. The fraction of sp³-hybridized carbons (Fsp3) is 0.222. The van der Waals surface area contributed by atoms with Crippen LogP contribution in [-0.2, 0) is 10.5 Å². The van der Waals surface area contributed by atoms with E-state index in [0.717, 1.165) is 6.07 Å². The highest BCUT2D eigenvalue weighted by Crippen LogP contribution is 2.21. The number of hydrogen-bond acceptors (Lipinski definition) is 5. The fourth-order valence-corrected chi connectivity index (χ4v) is 1.33. The van der Waals surface area contributed by atoms with Gasteiger partial charge in [-0.1, -0.05) is 9.95 Å². The van der Waals surface area contributed by atoms with Crippen LogP contribution < -0.4 is 14.2 Å². The van der Waals surface area contributed by atoms with E-state index in [4.69, 9.17) is 4.74 Å². The van der Waals surface area contributed by atoms with Gasteiger partial charge in [-0.05, 0) is 19.1 Å².